The molecule has 0 bridgehead atoms. The second kappa shape index (κ2) is 7.01. The molecule has 1 amide bonds. The average Bonchev–Trinajstić information content (AvgIpc) is 2.45. The third kappa shape index (κ3) is 4.04. The van der Waals surface area contributed by atoms with Gasteiger partial charge in [0, 0.05) is 19.5 Å². The number of hydrogen-bond acceptors (Lipinski definition) is 3. The maximum atomic E-state index is 11.8. The smallest absolute Gasteiger partial charge is 0.222 e. The molecule has 2 rings (SSSR count). The van der Waals surface area contributed by atoms with Gasteiger partial charge in [-0.05, 0) is 24.6 Å². The van der Waals surface area contributed by atoms with Crippen molar-refractivity contribution >= 4 is 5.91 Å². The minimum Gasteiger partial charge on any atom is -0.494 e. The van der Waals surface area contributed by atoms with Crippen LogP contribution in [0, 0.1) is 6.07 Å². The number of amides is 1. The van der Waals surface area contributed by atoms with E-state index in [9.17, 15) is 4.79 Å². The van der Waals surface area contributed by atoms with Crippen LogP contribution in [0.25, 0.3) is 0 Å². The molecule has 1 radical (unpaired) electrons. The number of ether oxygens (including phenoxy) is 2. The first kappa shape index (κ1) is 12.9. The number of hydrogen-bond donors (Lipinski definition) is 0. The summed E-state index contributed by atoms with van der Waals surface area (Å²) in [4.78, 5) is 13.7. The fourth-order valence-electron chi connectivity index (χ4n) is 1.85. The predicted molar refractivity (Wildman–Crippen MR) is 67.4 cm³/mol. The van der Waals surface area contributed by atoms with Gasteiger partial charge in [-0.15, -0.1) is 0 Å². The van der Waals surface area contributed by atoms with E-state index >= 15 is 0 Å². The van der Waals surface area contributed by atoms with Gasteiger partial charge < -0.3 is 14.4 Å². The zero-order valence-electron chi connectivity index (χ0n) is 10.4. The molecule has 0 aliphatic carbocycles. The fourth-order valence-corrected chi connectivity index (χ4v) is 1.85. The molecule has 1 saturated heterocycles. The zero-order valence-corrected chi connectivity index (χ0v) is 10.4. The Morgan fingerprint density at radius 3 is 3.00 bits per heavy atom. The number of carbonyl (C=O) groups is 1. The molecule has 1 heterocycles. The van der Waals surface area contributed by atoms with Crippen LogP contribution in [0.3, 0.4) is 0 Å². The molecule has 4 heteroatoms. The lowest BCUT2D eigenvalue weighted by atomic mass is 10.2. The van der Waals surface area contributed by atoms with Crippen LogP contribution in [0.1, 0.15) is 12.8 Å². The minimum atomic E-state index is 0.196. The molecule has 0 atom stereocenters. The van der Waals surface area contributed by atoms with E-state index in [0.29, 0.717) is 39.3 Å². The van der Waals surface area contributed by atoms with Gasteiger partial charge in [-0.2, -0.15) is 0 Å². The summed E-state index contributed by atoms with van der Waals surface area (Å²) in [7, 11) is 0. The number of nitrogens with zero attached hydrogens (tertiary/aromatic N) is 1. The Kier molecular flexibility index (Phi) is 5.02. The molecule has 1 aliphatic heterocycles. The van der Waals surface area contributed by atoms with E-state index < -0.39 is 0 Å². The molecule has 1 aliphatic rings. The molecule has 1 aromatic rings. The molecule has 97 valence electrons. The van der Waals surface area contributed by atoms with Crippen molar-refractivity contribution in [3.8, 4) is 5.75 Å². The minimum absolute atomic E-state index is 0.196. The Balaban J connectivity index is 1.61. The number of benzene rings is 1. The van der Waals surface area contributed by atoms with Gasteiger partial charge in [0.2, 0.25) is 5.91 Å². The summed E-state index contributed by atoms with van der Waals surface area (Å²) in [6.07, 6.45) is 1.28. The topological polar surface area (TPSA) is 38.8 Å². The Labute approximate surface area is 107 Å². The van der Waals surface area contributed by atoms with Crippen molar-refractivity contribution in [1.82, 2.24) is 4.90 Å². The molecule has 18 heavy (non-hydrogen) atoms. The summed E-state index contributed by atoms with van der Waals surface area (Å²) in [6, 6.07) is 10.3. The normalized spacial score (nSPS) is 15.4. The quantitative estimate of drug-likeness (QED) is 0.741. The lowest BCUT2D eigenvalue weighted by Gasteiger charge is -2.26. The summed E-state index contributed by atoms with van der Waals surface area (Å²) in [5.74, 6) is 0.998. The molecular weight excluding hydrogens is 230 g/mol. The van der Waals surface area contributed by atoms with Crippen molar-refractivity contribution in [2.24, 2.45) is 0 Å². The van der Waals surface area contributed by atoms with E-state index in [2.05, 4.69) is 6.07 Å². The van der Waals surface area contributed by atoms with E-state index in [4.69, 9.17) is 9.47 Å². The second-order valence-electron chi connectivity index (χ2n) is 4.18. The van der Waals surface area contributed by atoms with Gasteiger partial charge >= 0.3 is 0 Å². The second-order valence-corrected chi connectivity index (χ2v) is 4.18. The van der Waals surface area contributed by atoms with E-state index in [-0.39, 0.29) is 5.91 Å². The van der Waals surface area contributed by atoms with Crippen molar-refractivity contribution in [2.75, 3.05) is 32.9 Å². The Morgan fingerprint density at radius 1 is 1.44 bits per heavy atom. The van der Waals surface area contributed by atoms with Crippen molar-refractivity contribution in [2.45, 2.75) is 12.8 Å². The fraction of sp³-hybridized carbons (Fsp3) is 0.500. The summed E-state index contributed by atoms with van der Waals surface area (Å²) in [5, 5.41) is 0. The molecule has 0 spiro atoms. The molecule has 0 N–H and O–H groups in total. The standard InChI is InChI=1S/C14H18NO3/c16-14(15-8-11-17-12-9-15)7-4-10-18-13-5-2-1-3-6-13/h1-2,5-6H,4,7-12H2. The molecule has 1 aromatic carbocycles. The highest BCUT2D eigenvalue weighted by Crippen LogP contribution is 2.09. The van der Waals surface area contributed by atoms with E-state index in [1.54, 1.807) is 6.07 Å². The average molecular weight is 248 g/mol. The molecule has 4 nitrogen and oxygen atoms in total. The highest BCUT2D eigenvalue weighted by molar-refractivity contribution is 5.76. The first-order valence-corrected chi connectivity index (χ1v) is 6.31. The van der Waals surface area contributed by atoms with Crippen LogP contribution in [0.5, 0.6) is 5.75 Å². The highest BCUT2D eigenvalue weighted by atomic mass is 16.5. The number of morpholine rings is 1. The summed E-state index contributed by atoms with van der Waals surface area (Å²) in [5.41, 5.74) is 0. The third-order valence-electron chi connectivity index (χ3n) is 2.85. The van der Waals surface area contributed by atoms with E-state index in [1.165, 1.54) is 0 Å². The summed E-state index contributed by atoms with van der Waals surface area (Å²) < 4.78 is 10.7. The Bertz CT molecular complexity index is 361. The maximum absolute atomic E-state index is 11.8. The van der Waals surface area contributed by atoms with Crippen LogP contribution >= 0.6 is 0 Å². The summed E-state index contributed by atoms with van der Waals surface area (Å²) >= 11 is 0. The van der Waals surface area contributed by atoms with Crippen molar-refractivity contribution < 1.29 is 14.3 Å². The SMILES string of the molecule is O=C(CCCOc1c[c]ccc1)N1CCOCC1. The third-order valence-corrected chi connectivity index (χ3v) is 2.85. The summed E-state index contributed by atoms with van der Waals surface area (Å²) in [6.45, 7) is 3.30. The van der Waals surface area contributed by atoms with Gasteiger partial charge in [-0.3, -0.25) is 4.79 Å². The van der Waals surface area contributed by atoms with Crippen LogP contribution in [-0.2, 0) is 9.53 Å². The van der Waals surface area contributed by atoms with Crippen LogP contribution in [0.15, 0.2) is 24.3 Å². The van der Waals surface area contributed by atoms with E-state index in [0.717, 1.165) is 12.2 Å². The Hall–Kier alpha value is -1.55. The van der Waals surface area contributed by atoms with Gasteiger partial charge in [-0.1, -0.05) is 12.1 Å². The van der Waals surface area contributed by atoms with Crippen LogP contribution < -0.4 is 4.74 Å². The van der Waals surface area contributed by atoms with Crippen LogP contribution in [0.2, 0.25) is 0 Å². The predicted octanol–water partition coefficient (Wildman–Crippen LogP) is 1.50. The molecular formula is C14H18NO3. The van der Waals surface area contributed by atoms with Gasteiger partial charge in [0.1, 0.15) is 5.75 Å². The number of rotatable bonds is 5. The highest BCUT2D eigenvalue weighted by Gasteiger charge is 2.15. The lowest BCUT2D eigenvalue weighted by Crippen LogP contribution is -2.40. The van der Waals surface area contributed by atoms with Crippen LogP contribution in [-0.4, -0.2) is 43.7 Å². The lowest BCUT2D eigenvalue weighted by molar-refractivity contribution is -0.135. The van der Waals surface area contributed by atoms with E-state index in [1.807, 2.05) is 23.1 Å². The first-order valence-electron chi connectivity index (χ1n) is 6.31. The maximum Gasteiger partial charge on any atom is 0.222 e. The number of carbonyl (C=O) groups excluding carboxylic acids is 1. The first-order chi connectivity index (χ1) is 8.86. The Morgan fingerprint density at radius 2 is 2.28 bits per heavy atom. The van der Waals surface area contributed by atoms with Gasteiger partial charge in [0.25, 0.3) is 0 Å². The molecule has 0 aromatic heterocycles. The van der Waals surface area contributed by atoms with Crippen molar-refractivity contribution in [1.29, 1.82) is 0 Å². The largest absolute Gasteiger partial charge is 0.494 e. The monoisotopic (exact) mass is 248 g/mol. The molecule has 0 unspecified atom stereocenters. The van der Waals surface area contributed by atoms with Crippen LogP contribution in [0.4, 0.5) is 0 Å². The van der Waals surface area contributed by atoms with Crippen molar-refractivity contribution in [3.05, 3.63) is 30.3 Å². The van der Waals surface area contributed by atoms with Gasteiger partial charge in [0.05, 0.1) is 19.8 Å². The molecule has 1 fully saturated rings. The van der Waals surface area contributed by atoms with Gasteiger partial charge in [0.15, 0.2) is 0 Å². The zero-order chi connectivity index (χ0) is 12.6. The van der Waals surface area contributed by atoms with Gasteiger partial charge in [-0.25, -0.2) is 0 Å². The van der Waals surface area contributed by atoms with Crippen molar-refractivity contribution in [3.63, 3.8) is 0 Å². The molecule has 0 saturated carbocycles.